The summed E-state index contributed by atoms with van der Waals surface area (Å²) >= 11 is 0. The first-order chi connectivity index (χ1) is 11.5. The molecule has 0 spiro atoms. The summed E-state index contributed by atoms with van der Waals surface area (Å²) in [5.41, 5.74) is 1.02. The predicted octanol–water partition coefficient (Wildman–Crippen LogP) is 1.15. The molecule has 1 atom stereocenters. The molecule has 25 heavy (non-hydrogen) atoms. The highest BCUT2D eigenvalue weighted by molar-refractivity contribution is 7.89. The second kappa shape index (κ2) is 8.49. The van der Waals surface area contributed by atoms with Crippen molar-refractivity contribution in [2.24, 2.45) is 11.8 Å². The van der Waals surface area contributed by atoms with Gasteiger partial charge in [-0.2, -0.15) is 4.31 Å². The molecule has 140 valence electrons. The second-order valence-electron chi connectivity index (χ2n) is 6.78. The molecule has 2 saturated heterocycles. The highest BCUT2D eigenvalue weighted by atomic mass is 35.5. The standard InChI is InChI=1S/C17H25N3O3S.ClH/c1-13-4-6-16(7-5-13)24(22,23)20-8-2-3-15(12-20)17(21)19-11-14-9-18-10-14;/h4-7,14-15,18H,2-3,8-12H2,1H3,(H,19,21);1H. The maximum absolute atomic E-state index is 12.8. The zero-order valence-electron chi connectivity index (χ0n) is 14.4. The van der Waals surface area contributed by atoms with E-state index in [2.05, 4.69) is 10.6 Å². The summed E-state index contributed by atoms with van der Waals surface area (Å²) in [7, 11) is -3.53. The molecule has 1 amide bonds. The van der Waals surface area contributed by atoms with E-state index in [0.717, 1.165) is 25.1 Å². The van der Waals surface area contributed by atoms with Crippen molar-refractivity contribution in [2.75, 3.05) is 32.7 Å². The number of aryl methyl sites for hydroxylation is 1. The van der Waals surface area contributed by atoms with E-state index in [-0.39, 0.29) is 30.8 Å². The van der Waals surface area contributed by atoms with Crippen LogP contribution in [-0.2, 0) is 14.8 Å². The largest absolute Gasteiger partial charge is 0.355 e. The fourth-order valence-electron chi connectivity index (χ4n) is 3.12. The number of hydrogen-bond acceptors (Lipinski definition) is 4. The van der Waals surface area contributed by atoms with Crippen molar-refractivity contribution in [1.29, 1.82) is 0 Å². The number of hydrogen-bond donors (Lipinski definition) is 2. The molecule has 0 aliphatic carbocycles. The molecule has 2 aliphatic rings. The molecule has 2 N–H and O–H groups in total. The quantitative estimate of drug-likeness (QED) is 0.794. The lowest BCUT2D eigenvalue weighted by atomic mass is 9.98. The monoisotopic (exact) mass is 387 g/mol. The maximum atomic E-state index is 12.8. The lowest BCUT2D eigenvalue weighted by Crippen LogP contribution is -2.50. The van der Waals surface area contributed by atoms with Gasteiger partial charge in [0.2, 0.25) is 15.9 Å². The summed E-state index contributed by atoms with van der Waals surface area (Å²) in [5, 5.41) is 6.15. The number of sulfonamides is 1. The van der Waals surface area contributed by atoms with Crippen LogP contribution in [0.25, 0.3) is 0 Å². The van der Waals surface area contributed by atoms with Crippen LogP contribution >= 0.6 is 12.4 Å². The van der Waals surface area contributed by atoms with Crippen LogP contribution < -0.4 is 10.6 Å². The van der Waals surface area contributed by atoms with Crippen LogP contribution in [0.5, 0.6) is 0 Å². The fourth-order valence-corrected chi connectivity index (χ4v) is 4.64. The number of benzene rings is 1. The van der Waals surface area contributed by atoms with Gasteiger partial charge in [0.1, 0.15) is 0 Å². The lowest BCUT2D eigenvalue weighted by Gasteiger charge is -2.32. The minimum Gasteiger partial charge on any atom is -0.355 e. The number of nitrogens with zero attached hydrogens (tertiary/aromatic N) is 1. The molecule has 0 saturated carbocycles. The van der Waals surface area contributed by atoms with Crippen molar-refractivity contribution in [1.82, 2.24) is 14.9 Å². The first-order valence-electron chi connectivity index (χ1n) is 8.52. The van der Waals surface area contributed by atoms with Gasteiger partial charge in [-0.1, -0.05) is 17.7 Å². The van der Waals surface area contributed by atoms with Crippen LogP contribution in [0.2, 0.25) is 0 Å². The van der Waals surface area contributed by atoms with E-state index in [0.29, 0.717) is 30.3 Å². The van der Waals surface area contributed by atoms with Crippen molar-refractivity contribution < 1.29 is 13.2 Å². The Bertz CT molecular complexity index is 690. The van der Waals surface area contributed by atoms with Gasteiger partial charge >= 0.3 is 0 Å². The normalized spacial score (nSPS) is 21.9. The molecule has 1 unspecified atom stereocenters. The highest BCUT2D eigenvalue weighted by Crippen LogP contribution is 2.24. The number of amides is 1. The van der Waals surface area contributed by atoms with E-state index >= 15 is 0 Å². The number of halogens is 1. The Morgan fingerprint density at radius 3 is 2.56 bits per heavy atom. The van der Waals surface area contributed by atoms with Crippen LogP contribution in [0.15, 0.2) is 29.2 Å². The average Bonchev–Trinajstić information content (AvgIpc) is 2.54. The van der Waals surface area contributed by atoms with Crippen LogP contribution in [-0.4, -0.2) is 51.4 Å². The van der Waals surface area contributed by atoms with Gasteiger partial charge in [0, 0.05) is 38.6 Å². The Morgan fingerprint density at radius 1 is 1.28 bits per heavy atom. The van der Waals surface area contributed by atoms with E-state index < -0.39 is 10.0 Å². The van der Waals surface area contributed by atoms with Crippen LogP contribution in [0.3, 0.4) is 0 Å². The molecule has 6 nitrogen and oxygen atoms in total. The number of carbonyl (C=O) groups excluding carboxylic acids is 1. The van der Waals surface area contributed by atoms with Crippen molar-refractivity contribution in [2.45, 2.75) is 24.7 Å². The summed E-state index contributed by atoms with van der Waals surface area (Å²) in [5.74, 6) is 0.225. The highest BCUT2D eigenvalue weighted by Gasteiger charge is 2.33. The van der Waals surface area contributed by atoms with Gasteiger partial charge in [-0.3, -0.25) is 4.79 Å². The van der Waals surface area contributed by atoms with Crippen LogP contribution in [0.1, 0.15) is 18.4 Å². The molecular weight excluding hydrogens is 362 g/mol. The van der Waals surface area contributed by atoms with Gasteiger partial charge < -0.3 is 10.6 Å². The van der Waals surface area contributed by atoms with Crippen LogP contribution in [0.4, 0.5) is 0 Å². The third-order valence-corrected chi connectivity index (χ3v) is 6.72. The zero-order chi connectivity index (χ0) is 17.2. The topological polar surface area (TPSA) is 78.5 Å². The molecular formula is C17H26ClN3O3S. The SMILES string of the molecule is Cc1ccc(S(=O)(=O)N2CCCC(C(=O)NCC3CNC3)C2)cc1.Cl. The molecule has 0 radical (unpaired) electrons. The second-order valence-corrected chi connectivity index (χ2v) is 8.72. The van der Waals surface area contributed by atoms with E-state index in [1.807, 2.05) is 6.92 Å². The summed E-state index contributed by atoms with van der Waals surface area (Å²) in [4.78, 5) is 12.6. The molecule has 1 aromatic rings. The Balaban J connectivity index is 0.00000225. The van der Waals surface area contributed by atoms with Gasteiger partial charge in [-0.25, -0.2) is 8.42 Å². The van der Waals surface area contributed by atoms with E-state index in [1.54, 1.807) is 24.3 Å². The minimum atomic E-state index is -3.53. The molecule has 2 heterocycles. The first-order valence-corrected chi connectivity index (χ1v) is 9.96. The number of carbonyl (C=O) groups is 1. The number of piperidine rings is 1. The Labute approximate surface area is 155 Å². The van der Waals surface area contributed by atoms with E-state index in [9.17, 15) is 13.2 Å². The van der Waals surface area contributed by atoms with Gasteiger partial charge in [0.05, 0.1) is 10.8 Å². The Hall–Kier alpha value is -1.15. The summed E-state index contributed by atoms with van der Waals surface area (Å²) in [6, 6.07) is 6.87. The number of nitrogens with one attached hydrogen (secondary N) is 2. The fraction of sp³-hybridized carbons (Fsp3) is 0.588. The lowest BCUT2D eigenvalue weighted by molar-refractivity contribution is -0.126. The average molecular weight is 388 g/mol. The third kappa shape index (κ3) is 4.73. The molecule has 0 bridgehead atoms. The molecule has 2 fully saturated rings. The van der Waals surface area contributed by atoms with E-state index in [1.165, 1.54) is 4.31 Å². The van der Waals surface area contributed by atoms with Gasteiger partial charge in [0.25, 0.3) is 0 Å². The minimum absolute atomic E-state index is 0. The van der Waals surface area contributed by atoms with Crippen LogP contribution in [0, 0.1) is 18.8 Å². The Kier molecular flexibility index (Phi) is 6.85. The summed E-state index contributed by atoms with van der Waals surface area (Å²) < 4.78 is 27.0. The Morgan fingerprint density at radius 2 is 1.96 bits per heavy atom. The van der Waals surface area contributed by atoms with E-state index in [4.69, 9.17) is 0 Å². The summed E-state index contributed by atoms with van der Waals surface area (Å²) in [6.07, 6.45) is 1.46. The van der Waals surface area contributed by atoms with Gasteiger partial charge in [-0.05, 0) is 31.9 Å². The van der Waals surface area contributed by atoms with Crippen molar-refractivity contribution in [3.8, 4) is 0 Å². The smallest absolute Gasteiger partial charge is 0.243 e. The molecule has 1 aromatic carbocycles. The maximum Gasteiger partial charge on any atom is 0.243 e. The molecule has 3 rings (SSSR count). The molecule has 0 aromatic heterocycles. The van der Waals surface area contributed by atoms with Gasteiger partial charge in [-0.15, -0.1) is 12.4 Å². The molecule has 8 heteroatoms. The van der Waals surface area contributed by atoms with Gasteiger partial charge in [0.15, 0.2) is 0 Å². The van der Waals surface area contributed by atoms with Crippen molar-refractivity contribution in [3.63, 3.8) is 0 Å². The number of rotatable bonds is 5. The zero-order valence-corrected chi connectivity index (χ0v) is 16.0. The third-order valence-electron chi connectivity index (χ3n) is 4.84. The first kappa shape index (κ1) is 20.2. The predicted molar refractivity (Wildman–Crippen MR) is 99.3 cm³/mol. The summed E-state index contributed by atoms with van der Waals surface area (Å²) in [6.45, 7) is 5.23. The van der Waals surface area contributed by atoms with Crippen molar-refractivity contribution >= 4 is 28.3 Å². The van der Waals surface area contributed by atoms with Crippen molar-refractivity contribution in [3.05, 3.63) is 29.8 Å². The molecule has 2 aliphatic heterocycles.